The maximum Gasteiger partial charge on any atom is 0.113 e. The first kappa shape index (κ1) is 13.8. The van der Waals surface area contributed by atoms with Crippen LogP contribution in [0.2, 0.25) is 0 Å². The smallest absolute Gasteiger partial charge is 0.113 e. The van der Waals surface area contributed by atoms with E-state index in [1.54, 1.807) is 7.11 Å². The summed E-state index contributed by atoms with van der Waals surface area (Å²) >= 11 is 0. The highest BCUT2D eigenvalue weighted by Gasteiger charge is 2.43. The lowest BCUT2D eigenvalue weighted by molar-refractivity contribution is -0.0781. The molecule has 0 radical (unpaired) electrons. The number of allylic oxidation sites excluding steroid dienone is 1. The molecule has 104 valence electrons. The van der Waals surface area contributed by atoms with Crippen molar-refractivity contribution < 1.29 is 9.47 Å². The van der Waals surface area contributed by atoms with Crippen LogP contribution in [0.4, 0.5) is 0 Å². The summed E-state index contributed by atoms with van der Waals surface area (Å²) in [5.74, 6) is 7.54. The molecule has 4 heteroatoms. The number of ether oxygens (including phenoxy) is 2. The van der Waals surface area contributed by atoms with E-state index in [2.05, 4.69) is 18.4 Å². The van der Waals surface area contributed by atoms with Crippen LogP contribution in [-0.2, 0) is 9.47 Å². The largest absolute Gasteiger partial charge is 0.496 e. The quantitative estimate of drug-likeness (QED) is 0.596. The Balaban J connectivity index is 2.15. The Labute approximate surface area is 110 Å². The molecule has 0 bridgehead atoms. The molecule has 1 heterocycles. The number of hydrogen-bond donors (Lipinski definition) is 2. The number of hydrazine groups is 1. The second-order valence-corrected chi connectivity index (χ2v) is 5.65. The van der Waals surface area contributed by atoms with Gasteiger partial charge in [0.15, 0.2) is 0 Å². The number of nitrogens with two attached hydrogens (primary N) is 1. The average molecular weight is 254 g/mol. The van der Waals surface area contributed by atoms with Crippen LogP contribution in [0.15, 0.2) is 11.8 Å². The lowest BCUT2D eigenvalue weighted by Crippen LogP contribution is -2.57. The van der Waals surface area contributed by atoms with Crippen molar-refractivity contribution in [2.75, 3.05) is 13.7 Å². The van der Waals surface area contributed by atoms with Crippen LogP contribution in [-0.4, -0.2) is 25.4 Å². The Morgan fingerprint density at radius 2 is 2.22 bits per heavy atom. The van der Waals surface area contributed by atoms with Gasteiger partial charge in [-0.3, -0.25) is 5.84 Å². The molecule has 1 aliphatic carbocycles. The highest BCUT2D eigenvalue weighted by Crippen LogP contribution is 2.39. The van der Waals surface area contributed by atoms with E-state index in [-0.39, 0.29) is 11.6 Å². The summed E-state index contributed by atoms with van der Waals surface area (Å²) in [7, 11) is 1.80. The van der Waals surface area contributed by atoms with Gasteiger partial charge in [0.25, 0.3) is 0 Å². The standard InChI is InChI=1S/C14H26N2O2/c1-11-6-8-14(17-2,9-7-11)13(16-15)12-5-3-4-10-18-12/h5,11,13,16H,3-4,6-10,15H2,1-2H3. The van der Waals surface area contributed by atoms with Crippen molar-refractivity contribution in [2.45, 2.75) is 57.1 Å². The number of methoxy groups -OCH3 is 1. The van der Waals surface area contributed by atoms with E-state index in [4.69, 9.17) is 15.3 Å². The minimum absolute atomic E-state index is 0.0182. The molecule has 2 aliphatic rings. The zero-order chi connectivity index (χ0) is 13.0. The van der Waals surface area contributed by atoms with Crippen LogP contribution in [0.1, 0.15) is 45.4 Å². The fourth-order valence-corrected chi connectivity index (χ4v) is 3.13. The van der Waals surface area contributed by atoms with Gasteiger partial charge in [-0.15, -0.1) is 0 Å². The SMILES string of the molecule is COC1(C(NN)C2=CCCCO2)CCC(C)CC1. The zero-order valence-corrected chi connectivity index (χ0v) is 11.6. The predicted octanol–water partition coefficient (Wildman–Crippen LogP) is 2.11. The van der Waals surface area contributed by atoms with E-state index >= 15 is 0 Å². The molecule has 4 nitrogen and oxygen atoms in total. The van der Waals surface area contributed by atoms with Crippen LogP contribution < -0.4 is 11.3 Å². The van der Waals surface area contributed by atoms with Gasteiger partial charge >= 0.3 is 0 Å². The molecule has 1 fully saturated rings. The number of hydrogen-bond acceptors (Lipinski definition) is 4. The maximum absolute atomic E-state index is 5.87. The molecule has 1 aliphatic heterocycles. The molecule has 1 atom stereocenters. The molecule has 3 N–H and O–H groups in total. The third kappa shape index (κ3) is 2.71. The topological polar surface area (TPSA) is 56.5 Å². The Morgan fingerprint density at radius 1 is 1.50 bits per heavy atom. The second-order valence-electron chi connectivity index (χ2n) is 5.65. The van der Waals surface area contributed by atoms with Crippen molar-refractivity contribution in [1.82, 2.24) is 5.43 Å². The molecular weight excluding hydrogens is 228 g/mol. The van der Waals surface area contributed by atoms with E-state index in [0.29, 0.717) is 0 Å². The molecule has 0 spiro atoms. The molecule has 0 saturated heterocycles. The van der Waals surface area contributed by atoms with E-state index < -0.39 is 0 Å². The lowest BCUT2D eigenvalue weighted by Gasteiger charge is -2.44. The number of nitrogens with one attached hydrogen (secondary N) is 1. The fraction of sp³-hybridized carbons (Fsp3) is 0.857. The van der Waals surface area contributed by atoms with Crippen molar-refractivity contribution in [3.05, 3.63) is 11.8 Å². The normalized spacial score (nSPS) is 34.6. The Bertz CT molecular complexity index is 296. The van der Waals surface area contributed by atoms with Crippen molar-refractivity contribution >= 4 is 0 Å². The van der Waals surface area contributed by atoms with Crippen LogP contribution in [0.3, 0.4) is 0 Å². The zero-order valence-electron chi connectivity index (χ0n) is 11.6. The minimum Gasteiger partial charge on any atom is -0.496 e. The predicted molar refractivity (Wildman–Crippen MR) is 71.8 cm³/mol. The van der Waals surface area contributed by atoms with Gasteiger partial charge in [-0.2, -0.15) is 0 Å². The van der Waals surface area contributed by atoms with Gasteiger partial charge in [0, 0.05) is 7.11 Å². The van der Waals surface area contributed by atoms with E-state index in [1.165, 1.54) is 12.8 Å². The molecule has 1 unspecified atom stereocenters. The lowest BCUT2D eigenvalue weighted by atomic mass is 9.74. The fourth-order valence-electron chi connectivity index (χ4n) is 3.13. The van der Waals surface area contributed by atoms with Crippen molar-refractivity contribution in [3.63, 3.8) is 0 Å². The molecule has 0 amide bonds. The molecule has 0 aromatic rings. The summed E-state index contributed by atoms with van der Waals surface area (Å²) in [4.78, 5) is 0. The summed E-state index contributed by atoms with van der Waals surface area (Å²) in [6.45, 7) is 3.10. The first-order valence-electron chi connectivity index (χ1n) is 7.06. The van der Waals surface area contributed by atoms with Gasteiger partial charge < -0.3 is 9.47 Å². The molecule has 18 heavy (non-hydrogen) atoms. The molecule has 0 aromatic heterocycles. The van der Waals surface area contributed by atoms with Gasteiger partial charge in [-0.1, -0.05) is 6.92 Å². The van der Waals surface area contributed by atoms with Crippen molar-refractivity contribution in [2.24, 2.45) is 11.8 Å². The third-order valence-corrected chi connectivity index (χ3v) is 4.47. The van der Waals surface area contributed by atoms with Gasteiger partial charge in [-0.05, 0) is 50.5 Å². The van der Waals surface area contributed by atoms with E-state index in [9.17, 15) is 0 Å². The van der Waals surface area contributed by atoms with Gasteiger partial charge in [0.1, 0.15) is 11.8 Å². The average Bonchev–Trinajstić information content (AvgIpc) is 2.43. The maximum atomic E-state index is 5.87. The first-order chi connectivity index (χ1) is 8.72. The summed E-state index contributed by atoms with van der Waals surface area (Å²) in [6, 6.07) is -0.0182. The Morgan fingerprint density at radius 3 is 2.72 bits per heavy atom. The first-order valence-corrected chi connectivity index (χ1v) is 7.06. The van der Waals surface area contributed by atoms with Crippen LogP contribution in [0.5, 0.6) is 0 Å². The van der Waals surface area contributed by atoms with Gasteiger partial charge in [0.05, 0.1) is 12.2 Å². The van der Waals surface area contributed by atoms with Gasteiger partial charge in [-0.25, -0.2) is 5.43 Å². The van der Waals surface area contributed by atoms with Crippen LogP contribution >= 0.6 is 0 Å². The molecule has 1 saturated carbocycles. The van der Waals surface area contributed by atoms with E-state index in [1.807, 2.05) is 0 Å². The summed E-state index contributed by atoms with van der Waals surface area (Å²) < 4.78 is 11.6. The molecular formula is C14H26N2O2. The number of rotatable bonds is 4. The van der Waals surface area contributed by atoms with E-state index in [0.717, 1.165) is 44.0 Å². The highest BCUT2D eigenvalue weighted by atomic mass is 16.5. The van der Waals surface area contributed by atoms with Crippen molar-refractivity contribution in [3.8, 4) is 0 Å². The summed E-state index contributed by atoms with van der Waals surface area (Å²) in [5.41, 5.74) is 2.73. The van der Waals surface area contributed by atoms with Gasteiger partial charge in [0.2, 0.25) is 0 Å². The molecule has 2 rings (SSSR count). The minimum atomic E-state index is -0.204. The summed E-state index contributed by atoms with van der Waals surface area (Å²) in [5, 5.41) is 0. The second kappa shape index (κ2) is 6.04. The Kier molecular flexibility index (Phi) is 4.65. The van der Waals surface area contributed by atoms with Crippen LogP contribution in [0, 0.1) is 5.92 Å². The monoisotopic (exact) mass is 254 g/mol. The third-order valence-electron chi connectivity index (χ3n) is 4.47. The highest BCUT2D eigenvalue weighted by molar-refractivity contribution is 5.14. The summed E-state index contributed by atoms with van der Waals surface area (Å²) in [6.07, 6.45) is 8.80. The molecule has 0 aromatic carbocycles. The Hall–Kier alpha value is -0.580. The van der Waals surface area contributed by atoms with Crippen molar-refractivity contribution in [1.29, 1.82) is 0 Å². The van der Waals surface area contributed by atoms with Crippen LogP contribution in [0.25, 0.3) is 0 Å².